The Morgan fingerprint density at radius 3 is 2.92 bits per heavy atom. The van der Waals surface area contributed by atoms with Crippen LogP contribution in [-0.4, -0.2) is 5.11 Å². The summed E-state index contributed by atoms with van der Waals surface area (Å²) in [4.78, 5) is 0.934. The molecule has 1 N–H and O–H groups in total. The number of aliphatic hydroxyl groups excluding tert-OH is 1. The van der Waals surface area contributed by atoms with Gasteiger partial charge in [-0.3, -0.25) is 0 Å². The topological polar surface area (TPSA) is 20.2 Å². The third kappa shape index (κ3) is 1.82. The standard InChI is InChI=1S/C9H11ClOS/c10-7-3-4-12-9(7)8(11)5-6-1-2-6/h3-4,6,8,11H,1-2,5H2. The van der Waals surface area contributed by atoms with Crippen LogP contribution in [0.15, 0.2) is 11.4 Å². The van der Waals surface area contributed by atoms with Crippen molar-refractivity contribution in [1.29, 1.82) is 0 Å². The molecule has 66 valence electrons. The van der Waals surface area contributed by atoms with E-state index in [1.807, 2.05) is 11.4 Å². The molecule has 1 atom stereocenters. The fourth-order valence-electron chi connectivity index (χ4n) is 1.32. The number of thiophene rings is 1. The van der Waals surface area contributed by atoms with Gasteiger partial charge in [-0.05, 0) is 23.8 Å². The lowest BCUT2D eigenvalue weighted by atomic mass is 10.1. The number of hydrogen-bond donors (Lipinski definition) is 1. The van der Waals surface area contributed by atoms with E-state index in [0.29, 0.717) is 5.02 Å². The molecule has 0 saturated heterocycles. The highest BCUT2D eigenvalue weighted by Gasteiger charge is 2.26. The summed E-state index contributed by atoms with van der Waals surface area (Å²) < 4.78 is 0. The van der Waals surface area contributed by atoms with Crippen LogP contribution in [0.2, 0.25) is 5.02 Å². The van der Waals surface area contributed by atoms with Crippen LogP contribution < -0.4 is 0 Å². The van der Waals surface area contributed by atoms with Crippen LogP contribution in [0.25, 0.3) is 0 Å². The van der Waals surface area contributed by atoms with Crippen LogP contribution in [-0.2, 0) is 0 Å². The number of hydrogen-bond acceptors (Lipinski definition) is 2. The zero-order valence-corrected chi connectivity index (χ0v) is 8.24. The Balaban J connectivity index is 2.02. The molecule has 1 aromatic heterocycles. The Bertz CT molecular complexity index is 267. The van der Waals surface area contributed by atoms with Gasteiger partial charge < -0.3 is 5.11 Å². The van der Waals surface area contributed by atoms with Gasteiger partial charge in [0.15, 0.2) is 0 Å². The summed E-state index contributed by atoms with van der Waals surface area (Å²) in [7, 11) is 0. The molecule has 0 amide bonds. The minimum atomic E-state index is -0.329. The van der Waals surface area contributed by atoms with Crippen LogP contribution in [0.1, 0.15) is 30.2 Å². The third-order valence-electron chi connectivity index (χ3n) is 2.20. The van der Waals surface area contributed by atoms with E-state index in [2.05, 4.69) is 0 Å². The maximum atomic E-state index is 9.73. The summed E-state index contributed by atoms with van der Waals surface area (Å²) in [6.45, 7) is 0. The van der Waals surface area contributed by atoms with Crippen LogP contribution >= 0.6 is 22.9 Å². The van der Waals surface area contributed by atoms with Crippen molar-refractivity contribution in [2.24, 2.45) is 5.92 Å². The normalized spacial score (nSPS) is 19.5. The summed E-state index contributed by atoms with van der Waals surface area (Å²) in [6.07, 6.45) is 3.12. The van der Waals surface area contributed by atoms with Crippen LogP contribution in [0.3, 0.4) is 0 Å². The quantitative estimate of drug-likeness (QED) is 0.798. The van der Waals surface area contributed by atoms with Crippen molar-refractivity contribution in [2.45, 2.75) is 25.4 Å². The molecule has 2 rings (SSSR count). The van der Waals surface area contributed by atoms with E-state index >= 15 is 0 Å². The van der Waals surface area contributed by atoms with Crippen molar-refractivity contribution in [1.82, 2.24) is 0 Å². The molecule has 0 bridgehead atoms. The summed E-state index contributed by atoms with van der Waals surface area (Å²) in [5, 5.41) is 12.4. The average molecular weight is 203 g/mol. The maximum absolute atomic E-state index is 9.73. The van der Waals surface area contributed by atoms with E-state index in [4.69, 9.17) is 11.6 Å². The Morgan fingerprint density at radius 1 is 1.67 bits per heavy atom. The summed E-state index contributed by atoms with van der Waals surface area (Å²) in [5.74, 6) is 0.748. The monoisotopic (exact) mass is 202 g/mol. The highest BCUT2D eigenvalue weighted by Crippen LogP contribution is 2.40. The van der Waals surface area contributed by atoms with Crippen molar-refractivity contribution in [3.8, 4) is 0 Å². The average Bonchev–Trinajstić information content (AvgIpc) is 2.72. The van der Waals surface area contributed by atoms with E-state index in [9.17, 15) is 5.11 Å². The van der Waals surface area contributed by atoms with Gasteiger partial charge in [0.25, 0.3) is 0 Å². The Morgan fingerprint density at radius 2 is 2.42 bits per heavy atom. The second-order valence-corrected chi connectivity index (χ2v) is 4.68. The molecule has 0 radical (unpaired) electrons. The molecule has 0 spiro atoms. The van der Waals surface area contributed by atoms with Gasteiger partial charge in [0.1, 0.15) is 0 Å². The van der Waals surface area contributed by atoms with Crippen LogP contribution in [0, 0.1) is 5.92 Å². The maximum Gasteiger partial charge on any atom is 0.0899 e. The van der Waals surface area contributed by atoms with Gasteiger partial charge >= 0.3 is 0 Å². The largest absolute Gasteiger partial charge is 0.388 e. The number of rotatable bonds is 3. The first-order chi connectivity index (χ1) is 5.77. The van der Waals surface area contributed by atoms with Gasteiger partial charge in [-0.2, -0.15) is 0 Å². The molecule has 1 fully saturated rings. The van der Waals surface area contributed by atoms with Crippen molar-refractivity contribution in [3.63, 3.8) is 0 Å². The Labute approximate surface area is 81.0 Å². The van der Waals surface area contributed by atoms with Crippen molar-refractivity contribution in [2.75, 3.05) is 0 Å². The minimum absolute atomic E-state index is 0.329. The van der Waals surface area contributed by atoms with E-state index in [1.165, 1.54) is 12.8 Å². The number of halogens is 1. The van der Waals surface area contributed by atoms with Gasteiger partial charge in [-0.25, -0.2) is 0 Å². The predicted molar refractivity (Wildman–Crippen MR) is 51.6 cm³/mol. The van der Waals surface area contributed by atoms with Gasteiger partial charge in [0.05, 0.1) is 16.0 Å². The van der Waals surface area contributed by atoms with Crippen LogP contribution in [0.4, 0.5) is 0 Å². The molecule has 12 heavy (non-hydrogen) atoms. The van der Waals surface area contributed by atoms with Crippen molar-refractivity contribution < 1.29 is 5.11 Å². The number of aliphatic hydroxyl groups is 1. The van der Waals surface area contributed by atoms with Gasteiger partial charge in [-0.15, -0.1) is 11.3 Å². The predicted octanol–water partition coefficient (Wildman–Crippen LogP) is 3.24. The molecular weight excluding hydrogens is 192 g/mol. The first-order valence-corrected chi connectivity index (χ1v) is 5.44. The highest BCUT2D eigenvalue weighted by molar-refractivity contribution is 7.10. The zero-order valence-electron chi connectivity index (χ0n) is 6.66. The van der Waals surface area contributed by atoms with Crippen molar-refractivity contribution in [3.05, 3.63) is 21.3 Å². The molecule has 1 saturated carbocycles. The molecule has 1 aliphatic rings. The van der Waals surface area contributed by atoms with E-state index in [0.717, 1.165) is 17.2 Å². The van der Waals surface area contributed by atoms with Gasteiger partial charge in [-0.1, -0.05) is 24.4 Å². The Kier molecular flexibility index (Phi) is 2.40. The molecule has 3 heteroatoms. The third-order valence-corrected chi connectivity index (χ3v) is 3.66. The molecule has 1 nitrogen and oxygen atoms in total. The molecule has 0 aromatic carbocycles. The zero-order chi connectivity index (χ0) is 8.55. The van der Waals surface area contributed by atoms with E-state index < -0.39 is 0 Å². The lowest BCUT2D eigenvalue weighted by Gasteiger charge is -2.07. The molecule has 1 heterocycles. The summed E-state index contributed by atoms with van der Waals surface area (Å²) in [6, 6.07) is 1.84. The van der Waals surface area contributed by atoms with Crippen LogP contribution in [0.5, 0.6) is 0 Å². The second-order valence-electron chi connectivity index (χ2n) is 3.33. The molecule has 1 unspecified atom stereocenters. The van der Waals surface area contributed by atoms with Gasteiger partial charge in [0, 0.05) is 0 Å². The fourth-order valence-corrected chi connectivity index (χ4v) is 2.50. The van der Waals surface area contributed by atoms with E-state index in [-0.39, 0.29) is 6.10 Å². The Hall–Kier alpha value is -0.0500. The molecule has 0 aliphatic heterocycles. The summed E-state index contributed by atoms with van der Waals surface area (Å²) >= 11 is 7.43. The summed E-state index contributed by atoms with van der Waals surface area (Å²) in [5.41, 5.74) is 0. The van der Waals surface area contributed by atoms with Crippen molar-refractivity contribution >= 4 is 22.9 Å². The molecular formula is C9H11ClOS. The molecule has 1 aliphatic carbocycles. The lowest BCUT2D eigenvalue weighted by Crippen LogP contribution is -1.95. The highest BCUT2D eigenvalue weighted by atomic mass is 35.5. The smallest absolute Gasteiger partial charge is 0.0899 e. The minimum Gasteiger partial charge on any atom is -0.388 e. The molecule has 1 aromatic rings. The SMILES string of the molecule is OC(CC1CC1)c1sccc1Cl. The van der Waals surface area contributed by atoms with E-state index in [1.54, 1.807) is 11.3 Å². The first kappa shape index (κ1) is 8.54. The fraction of sp³-hybridized carbons (Fsp3) is 0.556. The lowest BCUT2D eigenvalue weighted by molar-refractivity contribution is 0.164. The first-order valence-electron chi connectivity index (χ1n) is 4.18. The van der Waals surface area contributed by atoms with Gasteiger partial charge in [0.2, 0.25) is 0 Å². The second kappa shape index (κ2) is 3.36.